The Morgan fingerprint density at radius 1 is 1.26 bits per heavy atom. The number of rotatable bonds is 7. The Kier molecular flexibility index (Phi) is 7.33. The van der Waals surface area contributed by atoms with E-state index >= 15 is 0 Å². The van der Waals surface area contributed by atoms with E-state index in [1.54, 1.807) is 0 Å². The molecule has 0 heterocycles. The number of terminal acetylenes is 1. The molecule has 1 rings (SSSR count). The number of hydrogen-bond donors (Lipinski definition) is 0. The third-order valence-corrected chi connectivity index (χ3v) is 3.78. The van der Waals surface area contributed by atoms with Crippen molar-refractivity contribution in [2.75, 3.05) is 0 Å². The SMILES string of the molecule is C#CC[C@H](C)N(Cl)[C@@H](C)CC/C=C/c1ccccc1. The molecule has 0 fully saturated rings. The minimum Gasteiger partial charge on any atom is -0.214 e. The van der Waals surface area contributed by atoms with Gasteiger partial charge in [-0.15, -0.1) is 12.3 Å². The summed E-state index contributed by atoms with van der Waals surface area (Å²) in [6.45, 7) is 4.19. The molecule has 2 heteroatoms. The molecule has 0 aliphatic carbocycles. The lowest BCUT2D eigenvalue weighted by atomic mass is 10.1. The first-order valence-electron chi connectivity index (χ1n) is 6.74. The maximum atomic E-state index is 6.27. The van der Waals surface area contributed by atoms with Crippen LogP contribution < -0.4 is 0 Å². The highest BCUT2D eigenvalue weighted by Gasteiger charge is 2.16. The zero-order chi connectivity index (χ0) is 14.1. The van der Waals surface area contributed by atoms with Crippen LogP contribution in [0.3, 0.4) is 0 Å². The molecule has 1 aromatic carbocycles. The van der Waals surface area contributed by atoms with Gasteiger partial charge in [-0.2, -0.15) is 0 Å². The second kappa shape index (κ2) is 8.80. The fourth-order valence-corrected chi connectivity index (χ4v) is 2.10. The number of benzene rings is 1. The average Bonchev–Trinajstić information content (AvgIpc) is 2.44. The summed E-state index contributed by atoms with van der Waals surface area (Å²) >= 11 is 6.27. The first-order valence-corrected chi connectivity index (χ1v) is 7.08. The van der Waals surface area contributed by atoms with Gasteiger partial charge in [0.15, 0.2) is 0 Å². The molecular weight excluding hydrogens is 254 g/mol. The molecule has 0 saturated heterocycles. The van der Waals surface area contributed by atoms with Gasteiger partial charge in [-0.05, 0) is 44.0 Å². The molecule has 0 N–H and O–H groups in total. The third-order valence-electron chi connectivity index (χ3n) is 3.12. The molecule has 1 aromatic rings. The van der Waals surface area contributed by atoms with Crippen molar-refractivity contribution in [3.8, 4) is 12.3 Å². The molecule has 0 aliphatic heterocycles. The molecule has 19 heavy (non-hydrogen) atoms. The van der Waals surface area contributed by atoms with Crippen LogP contribution in [0.1, 0.15) is 38.7 Å². The monoisotopic (exact) mass is 275 g/mol. The first kappa shape index (κ1) is 15.8. The van der Waals surface area contributed by atoms with E-state index in [0.717, 1.165) is 12.8 Å². The van der Waals surface area contributed by atoms with E-state index in [1.165, 1.54) is 5.56 Å². The quantitative estimate of drug-likeness (QED) is 0.513. The minimum absolute atomic E-state index is 0.222. The fourth-order valence-electron chi connectivity index (χ4n) is 1.94. The summed E-state index contributed by atoms with van der Waals surface area (Å²) in [6.07, 6.45) is 12.4. The van der Waals surface area contributed by atoms with Crippen LogP contribution in [0.5, 0.6) is 0 Å². The zero-order valence-electron chi connectivity index (χ0n) is 11.7. The van der Waals surface area contributed by atoms with Crippen molar-refractivity contribution in [2.45, 2.75) is 45.2 Å². The number of halogens is 1. The Balaban J connectivity index is 2.33. The lowest BCUT2D eigenvalue weighted by Gasteiger charge is -2.26. The van der Waals surface area contributed by atoms with E-state index in [4.69, 9.17) is 18.2 Å². The Labute approximate surface area is 122 Å². The van der Waals surface area contributed by atoms with Crippen molar-refractivity contribution in [3.05, 3.63) is 42.0 Å². The lowest BCUT2D eigenvalue weighted by molar-refractivity contribution is 0.280. The number of hydrogen-bond acceptors (Lipinski definition) is 1. The lowest BCUT2D eigenvalue weighted by Crippen LogP contribution is -2.32. The predicted molar refractivity (Wildman–Crippen MR) is 84.8 cm³/mol. The molecule has 0 unspecified atom stereocenters. The van der Waals surface area contributed by atoms with Gasteiger partial charge in [-0.25, -0.2) is 4.42 Å². The second-order valence-corrected chi connectivity index (χ2v) is 5.23. The van der Waals surface area contributed by atoms with Crippen molar-refractivity contribution in [3.63, 3.8) is 0 Å². The largest absolute Gasteiger partial charge is 0.214 e. The van der Waals surface area contributed by atoms with E-state index in [2.05, 4.69) is 44.1 Å². The van der Waals surface area contributed by atoms with E-state index in [1.807, 2.05) is 22.6 Å². The van der Waals surface area contributed by atoms with Crippen LogP contribution in [0, 0.1) is 12.3 Å². The molecule has 0 radical (unpaired) electrons. The van der Waals surface area contributed by atoms with Crippen LogP contribution in [0.15, 0.2) is 36.4 Å². The molecule has 0 saturated carbocycles. The van der Waals surface area contributed by atoms with E-state index in [-0.39, 0.29) is 6.04 Å². The van der Waals surface area contributed by atoms with Crippen LogP contribution in [0.2, 0.25) is 0 Å². The maximum Gasteiger partial charge on any atom is 0.0335 e. The van der Waals surface area contributed by atoms with Gasteiger partial charge in [-0.3, -0.25) is 0 Å². The van der Waals surface area contributed by atoms with Crippen molar-refractivity contribution in [1.29, 1.82) is 0 Å². The van der Waals surface area contributed by atoms with Crippen LogP contribution in [0.4, 0.5) is 0 Å². The predicted octanol–water partition coefficient (Wildman–Crippen LogP) is 4.74. The minimum atomic E-state index is 0.222. The first-order chi connectivity index (χ1) is 9.15. The van der Waals surface area contributed by atoms with Crippen molar-refractivity contribution >= 4 is 17.9 Å². The fraction of sp³-hybridized carbons (Fsp3) is 0.412. The highest BCUT2D eigenvalue weighted by Crippen LogP contribution is 2.16. The van der Waals surface area contributed by atoms with Crippen LogP contribution in [-0.2, 0) is 0 Å². The molecule has 0 spiro atoms. The Morgan fingerprint density at radius 2 is 1.95 bits per heavy atom. The molecule has 0 aromatic heterocycles. The molecule has 102 valence electrons. The molecule has 0 aliphatic rings. The summed E-state index contributed by atoms with van der Waals surface area (Å²) < 4.78 is 1.84. The molecule has 1 nitrogen and oxygen atoms in total. The highest BCUT2D eigenvalue weighted by molar-refractivity contribution is 6.13. The maximum absolute atomic E-state index is 6.27. The second-order valence-electron chi connectivity index (χ2n) is 4.84. The average molecular weight is 276 g/mol. The van der Waals surface area contributed by atoms with E-state index in [9.17, 15) is 0 Å². The van der Waals surface area contributed by atoms with Gasteiger partial charge in [0, 0.05) is 18.5 Å². The summed E-state index contributed by atoms with van der Waals surface area (Å²) in [5, 5.41) is 0. The smallest absolute Gasteiger partial charge is 0.0335 e. The van der Waals surface area contributed by atoms with Crippen molar-refractivity contribution in [1.82, 2.24) is 4.42 Å². The Morgan fingerprint density at radius 3 is 2.58 bits per heavy atom. The van der Waals surface area contributed by atoms with Crippen molar-refractivity contribution < 1.29 is 0 Å². The summed E-state index contributed by atoms with van der Waals surface area (Å²) in [5.41, 5.74) is 1.23. The van der Waals surface area contributed by atoms with Crippen LogP contribution >= 0.6 is 11.8 Å². The van der Waals surface area contributed by atoms with Gasteiger partial charge >= 0.3 is 0 Å². The van der Waals surface area contributed by atoms with Crippen molar-refractivity contribution in [2.24, 2.45) is 0 Å². The molecule has 0 amide bonds. The van der Waals surface area contributed by atoms with Gasteiger partial charge in [0.25, 0.3) is 0 Å². The van der Waals surface area contributed by atoms with Crippen LogP contribution in [-0.4, -0.2) is 16.5 Å². The Bertz CT molecular complexity index is 419. The van der Waals surface area contributed by atoms with Crippen LogP contribution in [0.25, 0.3) is 6.08 Å². The van der Waals surface area contributed by atoms with Gasteiger partial charge in [-0.1, -0.05) is 42.5 Å². The number of nitrogens with zero attached hydrogens (tertiary/aromatic N) is 1. The third kappa shape index (κ3) is 5.96. The summed E-state index contributed by atoms with van der Waals surface area (Å²) in [5.74, 6) is 2.65. The van der Waals surface area contributed by atoms with Gasteiger partial charge in [0.05, 0.1) is 0 Å². The topological polar surface area (TPSA) is 3.24 Å². The standard InChI is InChI=1S/C17H22ClN/c1-4-10-15(2)19(18)16(3)11-8-9-14-17-12-6-5-7-13-17/h1,5-7,9,12-16H,8,10-11H2,2-3H3/b14-9+/t15-,16-/m0/s1. The van der Waals surface area contributed by atoms with E-state index in [0.29, 0.717) is 12.5 Å². The summed E-state index contributed by atoms with van der Waals surface area (Å²) in [4.78, 5) is 0. The summed E-state index contributed by atoms with van der Waals surface area (Å²) in [6, 6.07) is 10.9. The Hall–Kier alpha value is -1.23. The van der Waals surface area contributed by atoms with E-state index < -0.39 is 0 Å². The normalized spacial score (nSPS) is 14.5. The molecule has 0 bridgehead atoms. The van der Waals surface area contributed by atoms with Gasteiger partial charge < -0.3 is 0 Å². The highest BCUT2D eigenvalue weighted by atomic mass is 35.5. The zero-order valence-corrected chi connectivity index (χ0v) is 12.5. The van der Waals surface area contributed by atoms with Gasteiger partial charge in [0.1, 0.15) is 0 Å². The van der Waals surface area contributed by atoms with Gasteiger partial charge in [0.2, 0.25) is 0 Å². The molecule has 2 atom stereocenters. The number of allylic oxidation sites excluding steroid dienone is 1. The summed E-state index contributed by atoms with van der Waals surface area (Å²) in [7, 11) is 0. The molecular formula is C17H22ClN.